The number of benzene rings is 2. The number of hydrogen-bond acceptors (Lipinski definition) is 5. The van der Waals surface area contributed by atoms with E-state index in [9.17, 15) is 9.59 Å². The minimum absolute atomic E-state index is 0.0318. The molecule has 1 atom stereocenters. The Hall–Kier alpha value is -2.77. The number of nitrogens with zero attached hydrogens (tertiary/aromatic N) is 3. The van der Waals surface area contributed by atoms with Gasteiger partial charge in [-0.15, -0.1) is 11.3 Å². The summed E-state index contributed by atoms with van der Waals surface area (Å²) in [6.45, 7) is 7.44. The number of aromatic nitrogens is 1. The second-order valence-corrected chi connectivity index (χ2v) is 8.86. The lowest BCUT2D eigenvalue weighted by atomic mass is 10.1. The summed E-state index contributed by atoms with van der Waals surface area (Å²) in [5.41, 5.74) is 2.64. The van der Waals surface area contributed by atoms with Gasteiger partial charge < -0.3 is 10.2 Å². The summed E-state index contributed by atoms with van der Waals surface area (Å²) in [6.07, 6.45) is 0. The molecule has 1 aliphatic rings. The highest BCUT2D eigenvalue weighted by Gasteiger charge is 2.26. The number of fused-ring (bicyclic) bond motifs is 1. The highest BCUT2D eigenvalue weighted by molar-refractivity contribution is 7.18. The first-order valence-corrected chi connectivity index (χ1v) is 11.0. The molecule has 1 saturated heterocycles. The first kappa shape index (κ1) is 20.5. The molecule has 1 unspecified atom stereocenters. The Kier molecular flexibility index (Phi) is 6.11. The van der Waals surface area contributed by atoms with Crippen LogP contribution in [-0.2, 0) is 11.3 Å². The Morgan fingerprint density at radius 2 is 1.87 bits per heavy atom. The maximum atomic E-state index is 12.8. The molecule has 2 aromatic carbocycles. The quantitative estimate of drug-likeness (QED) is 0.686. The molecule has 7 heteroatoms. The number of amides is 2. The van der Waals surface area contributed by atoms with Gasteiger partial charge in [-0.3, -0.25) is 14.5 Å². The Labute approximate surface area is 180 Å². The van der Waals surface area contributed by atoms with Gasteiger partial charge in [0, 0.05) is 31.7 Å². The highest BCUT2D eigenvalue weighted by Crippen LogP contribution is 2.23. The third-order valence-corrected chi connectivity index (χ3v) is 6.40. The van der Waals surface area contributed by atoms with E-state index < -0.39 is 6.04 Å². The molecule has 0 spiro atoms. The van der Waals surface area contributed by atoms with Gasteiger partial charge in [0.2, 0.25) is 5.91 Å². The number of carbonyl (C=O) groups is 2. The topological polar surface area (TPSA) is 65.5 Å². The van der Waals surface area contributed by atoms with Crippen molar-refractivity contribution < 1.29 is 9.59 Å². The number of aryl methyl sites for hydroxylation is 1. The van der Waals surface area contributed by atoms with E-state index in [0.29, 0.717) is 18.7 Å². The molecule has 0 aliphatic carbocycles. The molecule has 1 aliphatic heterocycles. The van der Waals surface area contributed by atoms with Gasteiger partial charge in [0.1, 0.15) is 11.0 Å². The number of carbonyl (C=O) groups excluding carboxylic acids is 2. The maximum absolute atomic E-state index is 12.8. The molecule has 156 valence electrons. The summed E-state index contributed by atoms with van der Waals surface area (Å²) in [6, 6.07) is 15.0. The third-order valence-electron chi connectivity index (χ3n) is 5.38. The van der Waals surface area contributed by atoms with Gasteiger partial charge in [-0.1, -0.05) is 29.8 Å². The van der Waals surface area contributed by atoms with Crippen molar-refractivity contribution in [3.63, 3.8) is 0 Å². The van der Waals surface area contributed by atoms with Crippen LogP contribution >= 0.6 is 11.3 Å². The first-order chi connectivity index (χ1) is 14.5. The van der Waals surface area contributed by atoms with E-state index in [0.717, 1.165) is 35.7 Å². The summed E-state index contributed by atoms with van der Waals surface area (Å²) in [5.74, 6) is -0.246. The van der Waals surface area contributed by atoms with Crippen LogP contribution in [0.15, 0.2) is 48.5 Å². The number of para-hydroxylation sites is 1. The van der Waals surface area contributed by atoms with E-state index in [1.165, 1.54) is 4.70 Å². The number of nitrogens with one attached hydrogen (secondary N) is 1. The van der Waals surface area contributed by atoms with E-state index in [4.69, 9.17) is 4.98 Å². The fourth-order valence-corrected chi connectivity index (χ4v) is 4.72. The van der Waals surface area contributed by atoms with E-state index >= 15 is 0 Å². The van der Waals surface area contributed by atoms with Gasteiger partial charge in [-0.05, 0) is 38.1 Å². The molecule has 0 saturated carbocycles. The van der Waals surface area contributed by atoms with E-state index in [1.54, 1.807) is 24.3 Å². The number of thiazole rings is 1. The van der Waals surface area contributed by atoms with Crippen molar-refractivity contribution in [3.05, 3.63) is 64.7 Å². The van der Waals surface area contributed by atoms with Gasteiger partial charge >= 0.3 is 0 Å². The zero-order chi connectivity index (χ0) is 21.1. The highest BCUT2D eigenvalue weighted by atomic mass is 32.1. The second-order valence-electron chi connectivity index (χ2n) is 7.74. The van der Waals surface area contributed by atoms with E-state index in [2.05, 4.69) is 16.3 Å². The molecule has 0 bridgehead atoms. The molecule has 2 heterocycles. The predicted molar refractivity (Wildman–Crippen MR) is 120 cm³/mol. The maximum Gasteiger partial charge on any atom is 0.251 e. The molecule has 4 rings (SSSR count). The van der Waals surface area contributed by atoms with Crippen LogP contribution in [-0.4, -0.2) is 58.8 Å². The summed E-state index contributed by atoms with van der Waals surface area (Å²) in [4.78, 5) is 34.1. The Balaban J connectivity index is 1.28. The lowest BCUT2D eigenvalue weighted by molar-refractivity contribution is -0.134. The zero-order valence-electron chi connectivity index (χ0n) is 17.3. The first-order valence-electron chi connectivity index (χ1n) is 10.2. The fourth-order valence-electron chi connectivity index (χ4n) is 3.71. The normalized spacial score (nSPS) is 15.9. The molecule has 1 aromatic heterocycles. The second kappa shape index (κ2) is 8.93. The van der Waals surface area contributed by atoms with Crippen molar-refractivity contribution in [2.24, 2.45) is 0 Å². The monoisotopic (exact) mass is 422 g/mol. The summed E-state index contributed by atoms with van der Waals surface area (Å²) in [5, 5.41) is 3.94. The average Bonchev–Trinajstić information content (AvgIpc) is 3.16. The van der Waals surface area contributed by atoms with Crippen LogP contribution < -0.4 is 5.32 Å². The standard InChI is InChI=1S/C23H26N4O2S/c1-16-6-5-7-18(14-16)22(28)24-17(2)23(29)27-12-10-26(11-13-27)15-21-25-19-8-3-4-9-20(19)30-21/h3-9,14,17H,10-13,15H2,1-2H3,(H,24,28). The molecule has 3 aromatic rings. The van der Waals surface area contributed by atoms with Gasteiger partial charge in [0.05, 0.1) is 16.8 Å². The Morgan fingerprint density at radius 3 is 2.60 bits per heavy atom. The largest absolute Gasteiger partial charge is 0.341 e. The summed E-state index contributed by atoms with van der Waals surface area (Å²) in [7, 11) is 0. The van der Waals surface area contributed by atoms with Crippen LogP contribution in [0.3, 0.4) is 0 Å². The molecule has 0 radical (unpaired) electrons. The summed E-state index contributed by atoms with van der Waals surface area (Å²) >= 11 is 1.73. The lowest BCUT2D eigenvalue weighted by Crippen LogP contribution is -2.53. The third kappa shape index (κ3) is 4.68. The fraction of sp³-hybridized carbons (Fsp3) is 0.348. The smallest absolute Gasteiger partial charge is 0.251 e. The number of rotatable bonds is 5. The Morgan fingerprint density at radius 1 is 1.10 bits per heavy atom. The minimum atomic E-state index is -0.547. The molecular weight excluding hydrogens is 396 g/mol. The minimum Gasteiger partial charge on any atom is -0.341 e. The molecule has 6 nitrogen and oxygen atoms in total. The van der Waals surface area contributed by atoms with E-state index in [-0.39, 0.29) is 11.8 Å². The molecule has 30 heavy (non-hydrogen) atoms. The molecular formula is C23H26N4O2S. The van der Waals surface area contributed by atoms with E-state index in [1.807, 2.05) is 48.2 Å². The molecule has 1 N–H and O–H groups in total. The zero-order valence-corrected chi connectivity index (χ0v) is 18.1. The summed E-state index contributed by atoms with van der Waals surface area (Å²) < 4.78 is 1.21. The Bertz CT molecular complexity index is 1020. The van der Waals surface area contributed by atoms with Crippen molar-refractivity contribution in [2.75, 3.05) is 26.2 Å². The van der Waals surface area contributed by atoms with Crippen molar-refractivity contribution in [2.45, 2.75) is 26.4 Å². The van der Waals surface area contributed by atoms with Gasteiger partial charge in [0.15, 0.2) is 0 Å². The van der Waals surface area contributed by atoms with Crippen molar-refractivity contribution in [3.8, 4) is 0 Å². The number of hydrogen-bond donors (Lipinski definition) is 1. The lowest BCUT2D eigenvalue weighted by Gasteiger charge is -2.35. The van der Waals surface area contributed by atoms with Crippen LogP contribution in [0.4, 0.5) is 0 Å². The predicted octanol–water partition coefficient (Wildman–Crippen LogP) is 3.07. The van der Waals surface area contributed by atoms with Crippen LogP contribution in [0.5, 0.6) is 0 Å². The SMILES string of the molecule is Cc1cccc(C(=O)NC(C)C(=O)N2CCN(Cc3nc4ccccc4s3)CC2)c1. The van der Waals surface area contributed by atoms with Gasteiger partial charge in [0.25, 0.3) is 5.91 Å². The van der Waals surface area contributed by atoms with Gasteiger partial charge in [-0.2, -0.15) is 0 Å². The molecule has 2 amide bonds. The van der Waals surface area contributed by atoms with Crippen molar-refractivity contribution in [1.82, 2.24) is 20.1 Å². The van der Waals surface area contributed by atoms with Gasteiger partial charge in [-0.25, -0.2) is 4.98 Å². The van der Waals surface area contributed by atoms with Crippen LogP contribution in [0.1, 0.15) is 27.9 Å². The van der Waals surface area contributed by atoms with Crippen LogP contribution in [0, 0.1) is 6.92 Å². The van der Waals surface area contributed by atoms with Crippen LogP contribution in [0.25, 0.3) is 10.2 Å². The van der Waals surface area contributed by atoms with Crippen molar-refractivity contribution in [1.29, 1.82) is 0 Å². The van der Waals surface area contributed by atoms with Crippen LogP contribution in [0.2, 0.25) is 0 Å². The average molecular weight is 423 g/mol. The number of piperazine rings is 1. The van der Waals surface area contributed by atoms with Crippen molar-refractivity contribution >= 4 is 33.4 Å². The molecule has 1 fully saturated rings.